The first-order valence-corrected chi connectivity index (χ1v) is 9.90. The number of rotatable bonds is 8. The van der Waals surface area contributed by atoms with Gasteiger partial charge >= 0.3 is 11.9 Å². The molecule has 0 amide bonds. The first-order chi connectivity index (χ1) is 14.4. The van der Waals surface area contributed by atoms with Crippen molar-refractivity contribution in [3.63, 3.8) is 0 Å². The molecule has 0 saturated carbocycles. The Balaban J connectivity index is 2.04. The number of ether oxygens (including phenoxy) is 2. The van der Waals surface area contributed by atoms with Gasteiger partial charge in [0.15, 0.2) is 0 Å². The van der Waals surface area contributed by atoms with Gasteiger partial charge < -0.3 is 18.3 Å². The van der Waals surface area contributed by atoms with Crippen LogP contribution in [0.25, 0.3) is 22.3 Å². The van der Waals surface area contributed by atoms with E-state index in [4.69, 9.17) is 13.6 Å². The highest BCUT2D eigenvalue weighted by molar-refractivity contribution is 5.88. The van der Waals surface area contributed by atoms with E-state index >= 15 is 0 Å². The van der Waals surface area contributed by atoms with Gasteiger partial charge in [0.05, 0.1) is 12.5 Å². The normalized spacial score (nSPS) is 10.9. The van der Waals surface area contributed by atoms with E-state index in [-0.39, 0.29) is 22.5 Å². The van der Waals surface area contributed by atoms with E-state index in [2.05, 4.69) is 11.7 Å². The van der Waals surface area contributed by atoms with Crippen LogP contribution in [0.15, 0.2) is 44.2 Å². The maximum atomic E-state index is 13.1. The van der Waals surface area contributed by atoms with Crippen molar-refractivity contribution in [1.82, 2.24) is 0 Å². The second kappa shape index (κ2) is 9.43. The number of methoxy groups -OCH3 is 1. The number of benzene rings is 1. The Morgan fingerprint density at radius 2 is 1.90 bits per heavy atom. The van der Waals surface area contributed by atoms with Gasteiger partial charge in [-0.3, -0.25) is 9.59 Å². The van der Waals surface area contributed by atoms with Crippen molar-refractivity contribution >= 4 is 22.9 Å². The molecule has 0 unspecified atom stereocenters. The number of fused-ring (bicyclic) bond motifs is 1. The highest BCUT2D eigenvalue weighted by atomic mass is 16.5. The molecule has 7 nitrogen and oxygen atoms in total. The van der Waals surface area contributed by atoms with Gasteiger partial charge in [0, 0.05) is 13.0 Å². The highest BCUT2D eigenvalue weighted by Crippen LogP contribution is 2.29. The van der Waals surface area contributed by atoms with E-state index in [1.165, 1.54) is 32.4 Å². The second-order valence-electron chi connectivity index (χ2n) is 6.99. The quantitative estimate of drug-likeness (QED) is 0.295. The molecular formula is C23H24O7. The molecule has 1 aromatic carbocycles. The zero-order valence-electron chi connectivity index (χ0n) is 17.3. The molecule has 158 valence electrons. The lowest BCUT2D eigenvalue weighted by atomic mass is 10.0. The van der Waals surface area contributed by atoms with Gasteiger partial charge in [-0.15, -0.1) is 0 Å². The third kappa shape index (κ3) is 4.62. The fourth-order valence-electron chi connectivity index (χ4n) is 3.25. The molecule has 2 heterocycles. The average molecular weight is 412 g/mol. The van der Waals surface area contributed by atoms with Crippen molar-refractivity contribution < 1.29 is 27.9 Å². The number of esters is 2. The number of aryl methyl sites for hydroxylation is 1. The van der Waals surface area contributed by atoms with Gasteiger partial charge in [-0.25, -0.2) is 4.79 Å². The van der Waals surface area contributed by atoms with E-state index in [9.17, 15) is 14.4 Å². The van der Waals surface area contributed by atoms with Crippen LogP contribution >= 0.6 is 0 Å². The maximum absolute atomic E-state index is 13.1. The Labute approximate surface area is 173 Å². The number of carbonyl (C=O) groups is 2. The molecule has 30 heavy (non-hydrogen) atoms. The molecule has 0 aliphatic carbocycles. The smallest absolute Gasteiger partial charge is 0.373 e. The summed E-state index contributed by atoms with van der Waals surface area (Å²) in [5.74, 6) is -0.470. The minimum Gasteiger partial charge on any atom is -0.463 e. The molecule has 0 atom stereocenters. The lowest BCUT2D eigenvalue weighted by Crippen LogP contribution is -2.08. The van der Waals surface area contributed by atoms with Crippen LogP contribution < -0.4 is 10.2 Å². The Kier molecular flexibility index (Phi) is 6.72. The van der Waals surface area contributed by atoms with Crippen molar-refractivity contribution in [2.75, 3.05) is 7.11 Å². The lowest BCUT2D eigenvalue weighted by molar-refractivity contribution is -0.131. The summed E-state index contributed by atoms with van der Waals surface area (Å²) in [6, 6.07) is 6.23. The third-order valence-electron chi connectivity index (χ3n) is 4.77. The number of hydrogen-bond donors (Lipinski definition) is 0. The summed E-state index contributed by atoms with van der Waals surface area (Å²) in [5.41, 5.74) is 0.964. The number of carbonyl (C=O) groups excluding carboxylic acids is 2. The molecule has 0 spiro atoms. The molecule has 0 aliphatic rings. The molecule has 0 aliphatic heterocycles. The summed E-state index contributed by atoms with van der Waals surface area (Å²) in [4.78, 5) is 36.2. The second-order valence-corrected chi connectivity index (χ2v) is 6.99. The van der Waals surface area contributed by atoms with Crippen molar-refractivity contribution in [1.29, 1.82) is 0 Å². The summed E-state index contributed by atoms with van der Waals surface area (Å²) < 4.78 is 21.0. The number of hydrogen-bond acceptors (Lipinski definition) is 7. The average Bonchev–Trinajstić information content (AvgIpc) is 3.21. The Hall–Kier alpha value is -3.35. The van der Waals surface area contributed by atoms with Crippen molar-refractivity contribution in [3.05, 3.63) is 52.1 Å². The third-order valence-corrected chi connectivity index (χ3v) is 4.77. The fourth-order valence-corrected chi connectivity index (χ4v) is 3.25. The van der Waals surface area contributed by atoms with E-state index in [0.717, 1.165) is 31.2 Å². The minimum atomic E-state index is -0.633. The van der Waals surface area contributed by atoms with E-state index in [1.54, 1.807) is 12.1 Å². The minimum absolute atomic E-state index is 0.00573. The summed E-state index contributed by atoms with van der Waals surface area (Å²) in [6.07, 6.45) is 6.13. The van der Waals surface area contributed by atoms with Gasteiger partial charge in [-0.2, -0.15) is 0 Å². The predicted molar refractivity (Wildman–Crippen MR) is 111 cm³/mol. The SMILES string of the molecule is CCCCCCc1cc2c(=O)c(-c3ccc(C(=O)OC)o3)coc2cc1OC(C)=O. The summed E-state index contributed by atoms with van der Waals surface area (Å²) in [5, 5.41) is 0.352. The molecule has 0 N–H and O–H groups in total. The van der Waals surface area contributed by atoms with E-state index in [0.29, 0.717) is 23.1 Å². The monoisotopic (exact) mass is 412 g/mol. The summed E-state index contributed by atoms with van der Waals surface area (Å²) in [6.45, 7) is 3.47. The highest BCUT2D eigenvalue weighted by Gasteiger charge is 2.18. The largest absolute Gasteiger partial charge is 0.463 e. The first-order valence-electron chi connectivity index (χ1n) is 9.90. The summed E-state index contributed by atoms with van der Waals surface area (Å²) >= 11 is 0. The van der Waals surface area contributed by atoms with Gasteiger partial charge in [-0.1, -0.05) is 26.2 Å². The fraction of sp³-hybridized carbons (Fsp3) is 0.348. The van der Waals surface area contributed by atoms with Crippen LogP contribution in [0.3, 0.4) is 0 Å². The van der Waals surface area contributed by atoms with Gasteiger partial charge in [0.1, 0.15) is 28.9 Å². The van der Waals surface area contributed by atoms with Crippen LogP contribution in [-0.4, -0.2) is 19.0 Å². The van der Waals surface area contributed by atoms with E-state index in [1.807, 2.05) is 0 Å². The van der Waals surface area contributed by atoms with E-state index < -0.39 is 11.9 Å². The van der Waals surface area contributed by atoms with Crippen LogP contribution in [0.1, 0.15) is 55.6 Å². The first kappa shape index (κ1) is 21.4. The standard InChI is InChI=1S/C23H24O7/c1-4-5-6-7-8-15-11-16-21(12-20(15)29-14(2)24)28-13-17(22(16)25)18-9-10-19(30-18)23(26)27-3/h9-13H,4-8H2,1-3H3. The molecule has 0 bridgehead atoms. The molecule has 3 aromatic rings. The van der Waals surface area contributed by atoms with Gasteiger partial charge in [-0.05, 0) is 36.6 Å². The Morgan fingerprint density at radius 1 is 1.10 bits per heavy atom. The topological polar surface area (TPSA) is 96.0 Å². The molecule has 0 fully saturated rings. The maximum Gasteiger partial charge on any atom is 0.373 e. The lowest BCUT2D eigenvalue weighted by Gasteiger charge is -2.11. The number of furan rings is 1. The van der Waals surface area contributed by atoms with Crippen molar-refractivity contribution in [3.8, 4) is 17.1 Å². The van der Waals surface area contributed by atoms with Gasteiger partial charge in [0.2, 0.25) is 11.2 Å². The van der Waals surface area contributed by atoms with Crippen LogP contribution in [0.2, 0.25) is 0 Å². The zero-order chi connectivity index (χ0) is 21.7. The van der Waals surface area contributed by atoms with Crippen molar-refractivity contribution in [2.45, 2.75) is 46.0 Å². The van der Waals surface area contributed by atoms with Crippen LogP contribution in [0, 0.1) is 0 Å². The van der Waals surface area contributed by atoms with Crippen LogP contribution in [0.5, 0.6) is 5.75 Å². The van der Waals surface area contributed by atoms with Crippen molar-refractivity contribution in [2.24, 2.45) is 0 Å². The summed E-state index contributed by atoms with van der Waals surface area (Å²) in [7, 11) is 1.25. The van der Waals surface area contributed by atoms with Gasteiger partial charge in [0.25, 0.3) is 0 Å². The molecule has 0 radical (unpaired) electrons. The Morgan fingerprint density at radius 3 is 2.60 bits per heavy atom. The number of unbranched alkanes of at least 4 members (excludes halogenated alkanes) is 3. The molecule has 3 rings (SSSR count). The Bertz CT molecular complexity index is 1120. The molecule has 7 heteroatoms. The van der Waals surface area contributed by atoms with Crippen LogP contribution in [-0.2, 0) is 16.0 Å². The molecular weight excluding hydrogens is 388 g/mol. The zero-order valence-corrected chi connectivity index (χ0v) is 17.3. The molecule has 2 aromatic heterocycles. The predicted octanol–water partition coefficient (Wildman–Crippen LogP) is 4.89. The molecule has 0 saturated heterocycles. The van der Waals surface area contributed by atoms with Crippen LogP contribution in [0.4, 0.5) is 0 Å².